The maximum atomic E-state index is 12.5. The van der Waals surface area contributed by atoms with Crippen LogP contribution in [0.25, 0.3) is 0 Å². The molecule has 1 heterocycles. The van der Waals surface area contributed by atoms with Crippen LogP contribution in [0.15, 0.2) is 5.03 Å². The number of nitrogens with zero attached hydrogens (tertiary/aromatic N) is 2. The summed E-state index contributed by atoms with van der Waals surface area (Å²) >= 11 is 0. The van der Waals surface area contributed by atoms with Gasteiger partial charge in [-0.2, -0.15) is 9.40 Å². The van der Waals surface area contributed by atoms with Crippen LogP contribution < -0.4 is 5.32 Å². The molecule has 1 unspecified atom stereocenters. The summed E-state index contributed by atoms with van der Waals surface area (Å²) < 4.78 is 26.5. The Hall–Kier alpha value is -0.920. The molecular formula is C12H24N4O2S. The largest absolute Gasteiger partial charge is 0.313 e. The molecule has 0 spiro atoms. The number of sulfonamides is 1. The van der Waals surface area contributed by atoms with Crippen LogP contribution in [0.4, 0.5) is 0 Å². The molecule has 0 aliphatic rings. The average Bonchev–Trinajstić information content (AvgIpc) is 2.76. The predicted molar refractivity (Wildman–Crippen MR) is 75.4 cm³/mol. The molecule has 1 atom stereocenters. The number of aryl methyl sites for hydroxylation is 1. The molecule has 0 aliphatic carbocycles. The summed E-state index contributed by atoms with van der Waals surface area (Å²) in [5.41, 5.74) is 1.51. The van der Waals surface area contributed by atoms with Crippen LogP contribution in [0, 0.1) is 6.92 Å². The highest BCUT2D eigenvalue weighted by Crippen LogP contribution is 2.21. The van der Waals surface area contributed by atoms with Gasteiger partial charge in [-0.25, -0.2) is 8.42 Å². The lowest BCUT2D eigenvalue weighted by Crippen LogP contribution is -2.35. The topological polar surface area (TPSA) is 78.1 Å². The first-order valence-electron chi connectivity index (χ1n) is 6.58. The molecule has 0 aromatic carbocycles. The summed E-state index contributed by atoms with van der Waals surface area (Å²) in [5, 5.41) is 10.0. The third kappa shape index (κ3) is 3.34. The summed E-state index contributed by atoms with van der Waals surface area (Å²) in [7, 11) is -1.94. The van der Waals surface area contributed by atoms with E-state index in [1.807, 2.05) is 27.7 Å². The molecule has 110 valence electrons. The summed E-state index contributed by atoms with van der Waals surface area (Å²) in [6, 6.07) is -0.0472. The van der Waals surface area contributed by atoms with Crippen LogP contribution in [0.2, 0.25) is 0 Å². The molecule has 0 radical (unpaired) electrons. The minimum absolute atomic E-state index is 0.0472. The second-order valence-corrected chi connectivity index (χ2v) is 6.60. The third-order valence-corrected chi connectivity index (χ3v) is 5.37. The molecular weight excluding hydrogens is 264 g/mol. The van der Waals surface area contributed by atoms with E-state index >= 15 is 0 Å². The van der Waals surface area contributed by atoms with E-state index in [2.05, 4.69) is 15.5 Å². The van der Waals surface area contributed by atoms with Crippen LogP contribution in [0.3, 0.4) is 0 Å². The number of H-pyrrole nitrogens is 1. The maximum Gasteiger partial charge on any atom is 0.262 e. The van der Waals surface area contributed by atoms with Gasteiger partial charge in [0.1, 0.15) is 0 Å². The van der Waals surface area contributed by atoms with Crippen molar-refractivity contribution >= 4 is 10.0 Å². The molecule has 0 fully saturated rings. The van der Waals surface area contributed by atoms with E-state index in [1.54, 1.807) is 7.05 Å². The fourth-order valence-electron chi connectivity index (χ4n) is 1.73. The zero-order valence-electron chi connectivity index (χ0n) is 12.3. The molecule has 2 N–H and O–H groups in total. The van der Waals surface area contributed by atoms with Crippen molar-refractivity contribution in [2.75, 3.05) is 13.6 Å². The average molecular weight is 288 g/mol. The lowest BCUT2D eigenvalue weighted by Gasteiger charge is -2.22. The maximum absolute atomic E-state index is 12.5. The Morgan fingerprint density at radius 2 is 2.05 bits per heavy atom. The Labute approximate surface area is 115 Å². The first kappa shape index (κ1) is 16.1. The fourth-order valence-corrected chi connectivity index (χ4v) is 3.33. The number of aromatic amines is 1. The summed E-state index contributed by atoms with van der Waals surface area (Å²) in [5.74, 6) is 0. The second-order valence-electron chi connectivity index (χ2n) is 4.69. The zero-order valence-corrected chi connectivity index (χ0v) is 13.1. The van der Waals surface area contributed by atoms with Crippen LogP contribution in [-0.2, 0) is 16.6 Å². The normalized spacial score (nSPS) is 14.0. The van der Waals surface area contributed by atoms with Gasteiger partial charge in [0.25, 0.3) is 10.0 Å². The van der Waals surface area contributed by atoms with Crippen molar-refractivity contribution in [1.82, 2.24) is 19.8 Å². The van der Waals surface area contributed by atoms with E-state index in [0.29, 0.717) is 6.54 Å². The van der Waals surface area contributed by atoms with Gasteiger partial charge in [-0.15, -0.1) is 0 Å². The van der Waals surface area contributed by atoms with Crippen LogP contribution in [-0.4, -0.2) is 42.6 Å². The number of aromatic nitrogens is 2. The minimum atomic E-state index is -3.54. The van der Waals surface area contributed by atoms with E-state index in [9.17, 15) is 8.42 Å². The van der Waals surface area contributed by atoms with E-state index in [1.165, 1.54) is 4.31 Å². The molecule has 1 aromatic rings. The molecule has 0 aliphatic heterocycles. The van der Waals surface area contributed by atoms with E-state index < -0.39 is 10.0 Å². The Morgan fingerprint density at radius 3 is 2.58 bits per heavy atom. The van der Waals surface area contributed by atoms with E-state index in [4.69, 9.17) is 0 Å². The summed E-state index contributed by atoms with van der Waals surface area (Å²) in [6.45, 7) is 8.96. The van der Waals surface area contributed by atoms with Gasteiger partial charge in [0, 0.05) is 30.9 Å². The number of hydrogen-bond donors (Lipinski definition) is 2. The number of hydrogen-bond acceptors (Lipinski definition) is 4. The lowest BCUT2D eigenvalue weighted by molar-refractivity contribution is 0.378. The van der Waals surface area contributed by atoms with Crippen molar-refractivity contribution in [1.29, 1.82) is 0 Å². The van der Waals surface area contributed by atoms with Gasteiger partial charge < -0.3 is 5.32 Å². The highest BCUT2D eigenvalue weighted by atomic mass is 32.2. The summed E-state index contributed by atoms with van der Waals surface area (Å²) in [4.78, 5) is 0. The summed E-state index contributed by atoms with van der Waals surface area (Å²) in [6.07, 6.45) is 0.766. The van der Waals surface area contributed by atoms with Crippen molar-refractivity contribution in [3.63, 3.8) is 0 Å². The van der Waals surface area contributed by atoms with Gasteiger partial charge in [-0.1, -0.05) is 13.8 Å². The number of nitrogens with one attached hydrogen (secondary N) is 2. The highest BCUT2D eigenvalue weighted by Gasteiger charge is 2.30. The molecule has 0 bridgehead atoms. The minimum Gasteiger partial charge on any atom is -0.313 e. The number of rotatable bonds is 7. The fraction of sp³-hybridized carbons (Fsp3) is 0.750. The monoisotopic (exact) mass is 288 g/mol. The van der Waals surface area contributed by atoms with Crippen molar-refractivity contribution in [3.05, 3.63) is 11.3 Å². The molecule has 0 amide bonds. The van der Waals surface area contributed by atoms with Gasteiger partial charge in [-0.3, -0.25) is 5.10 Å². The quantitative estimate of drug-likeness (QED) is 0.791. The standard InChI is InChI=1S/C12H24N4O2S/c1-6-9(3)16(5)19(17,18)12-11(8-13-7-2)10(4)14-15-12/h9,13H,6-8H2,1-5H3,(H,14,15). The van der Waals surface area contributed by atoms with Gasteiger partial charge in [0.2, 0.25) is 0 Å². The van der Waals surface area contributed by atoms with Gasteiger partial charge >= 0.3 is 0 Å². The molecule has 1 rings (SSSR count). The SMILES string of the molecule is CCNCc1c(S(=O)(=O)N(C)C(C)CC)n[nH]c1C. The van der Waals surface area contributed by atoms with Crippen molar-refractivity contribution < 1.29 is 8.42 Å². The van der Waals surface area contributed by atoms with Crippen LogP contribution in [0.1, 0.15) is 38.4 Å². The first-order valence-corrected chi connectivity index (χ1v) is 8.02. The van der Waals surface area contributed by atoms with Gasteiger partial charge in [-0.05, 0) is 26.8 Å². The van der Waals surface area contributed by atoms with E-state index in [-0.39, 0.29) is 11.1 Å². The lowest BCUT2D eigenvalue weighted by atomic mass is 10.2. The van der Waals surface area contributed by atoms with Gasteiger partial charge in [0.05, 0.1) is 0 Å². The van der Waals surface area contributed by atoms with Crippen LogP contribution in [0.5, 0.6) is 0 Å². The van der Waals surface area contributed by atoms with Crippen molar-refractivity contribution in [2.24, 2.45) is 0 Å². The Morgan fingerprint density at radius 1 is 1.42 bits per heavy atom. The molecule has 0 saturated carbocycles. The zero-order chi connectivity index (χ0) is 14.6. The third-order valence-electron chi connectivity index (χ3n) is 3.42. The molecule has 19 heavy (non-hydrogen) atoms. The van der Waals surface area contributed by atoms with Crippen molar-refractivity contribution in [3.8, 4) is 0 Å². The van der Waals surface area contributed by atoms with Gasteiger partial charge in [0.15, 0.2) is 5.03 Å². The first-order chi connectivity index (χ1) is 8.86. The molecule has 0 saturated heterocycles. The van der Waals surface area contributed by atoms with Crippen LogP contribution >= 0.6 is 0 Å². The Kier molecular flexibility index (Phi) is 5.51. The predicted octanol–water partition coefficient (Wildman–Crippen LogP) is 1.25. The van der Waals surface area contributed by atoms with Crippen molar-refractivity contribution in [2.45, 2.75) is 51.7 Å². The Balaban J connectivity index is 3.14. The molecule has 6 nitrogen and oxygen atoms in total. The smallest absolute Gasteiger partial charge is 0.262 e. The Bertz CT molecular complexity index is 510. The second kappa shape index (κ2) is 6.49. The van der Waals surface area contributed by atoms with E-state index in [0.717, 1.165) is 24.2 Å². The molecule has 1 aromatic heterocycles. The molecule has 7 heteroatoms. The highest BCUT2D eigenvalue weighted by molar-refractivity contribution is 7.89.